The number of benzene rings is 1. The fraction of sp³-hybridized carbons (Fsp3) is 0.364. The van der Waals surface area contributed by atoms with Crippen LogP contribution in [0.3, 0.4) is 0 Å². The molecule has 1 aliphatic rings. The van der Waals surface area contributed by atoms with Gasteiger partial charge in [0.25, 0.3) is 0 Å². The molecule has 1 aromatic rings. The van der Waals surface area contributed by atoms with E-state index in [1.54, 1.807) is 24.3 Å². The van der Waals surface area contributed by atoms with Gasteiger partial charge in [0, 0.05) is 0 Å². The van der Waals surface area contributed by atoms with Crippen molar-refractivity contribution >= 4 is 18.6 Å². The summed E-state index contributed by atoms with van der Waals surface area (Å²) in [5.74, 6) is -0.795. The van der Waals surface area contributed by atoms with Crippen molar-refractivity contribution in [1.29, 1.82) is 0 Å². The lowest BCUT2D eigenvalue weighted by molar-refractivity contribution is -0.147. The van der Waals surface area contributed by atoms with Crippen LogP contribution >= 0.6 is 0 Å². The number of hydrogen-bond donors (Lipinski definition) is 3. The van der Waals surface area contributed by atoms with Crippen molar-refractivity contribution < 1.29 is 19.9 Å². The van der Waals surface area contributed by atoms with Crippen molar-refractivity contribution in [1.82, 2.24) is 0 Å². The van der Waals surface area contributed by atoms with E-state index in [9.17, 15) is 9.90 Å². The summed E-state index contributed by atoms with van der Waals surface area (Å²) in [6.45, 7) is 0. The molecule has 0 atom stereocenters. The van der Waals surface area contributed by atoms with Gasteiger partial charge in [0.2, 0.25) is 0 Å². The van der Waals surface area contributed by atoms with Gasteiger partial charge in [-0.3, -0.25) is 4.79 Å². The fourth-order valence-corrected chi connectivity index (χ4v) is 2.13. The number of carboxylic acids is 1. The number of hydrogen-bond acceptors (Lipinski definition) is 3. The maximum atomic E-state index is 11.2. The van der Waals surface area contributed by atoms with Crippen molar-refractivity contribution in [2.75, 3.05) is 0 Å². The third kappa shape index (κ3) is 1.62. The lowest BCUT2D eigenvalue weighted by Crippen LogP contribution is -2.42. The highest BCUT2D eigenvalue weighted by molar-refractivity contribution is 6.58. The summed E-state index contributed by atoms with van der Waals surface area (Å²) in [7, 11) is -1.50. The maximum Gasteiger partial charge on any atom is 0.488 e. The zero-order valence-corrected chi connectivity index (χ0v) is 8.76. The summed E-state index contributed by atoms with van der Waals surface area (Å²) in [4.78, 5) is 11.2. The first-order valence-corrected chi connectivity index (χ1v) is 5.26. The molecule has 0 radical (unpaired) electrons. The molecular weight excluding hydrogens is 207 g/mol. The smallest absolute Gasteiger partial charge is 0.481 e. The van der Waals surface area contributed by atoms with Crippen LogP contribution < -0.4 is 5.46 Å². The van der Waals surface area contributed by atoms with Crippen LogP contribution in [0.15, 0.2) is 24.3 Å². The van der Waals surface area contributed by atoms with E-state index < -0.39 is 18.5 Å². The molecule has 0 heterocycles. The van der Waals surface area contributed by atoms with Gasteiger partial charge in [0.05, 0.1) is 5.41 Å². The quantitative estimate of drug-likeness (QED) is 0.620. The van der Waals surface area contributed by atoms with Gasteiger partial charge in [-0.1, -0.05) is 30.7 Å². The van der Waals surface area contributed by atoms with E-state index in [2.05, 4.69) is 0 Å². The van der Waals surface area contributed by atoms with E-state index in [-0.39, 0.29) is 0 Å². The number of carbonyl (C=O) groups is 1. The van der Waals surface area contributed by atoms with Crippen LogP contribution in [0.1, 0.15) is 24.8 Å². The largest absolute Gasteiger partial charge is 0.488 e. The van der Waals surface area contributed by atoms with Gasteiger partial charge >= 0.3 is 13.1 Å². The standard InChI is InChI=1S/C11H13BO4/c13-10(14)11(6-1-7-11)8-2-4-9(5-3-8)12(15)16/h2-5,15-16H,1,6-7H2,(H,13,14). The Labute approximate surface area is 93.7 Å². The summed E-state index contributed by atoms with van der Waals surface area (Å²) < 4.78 is 0. The van der Waals surface area contributed by atoms with Crippen molar-refractivity contribution in [2.45, 2.75) is 24.7 Å². The van der Waals surface area contributed by atoms with Crippen LogP contribution in [0, 0.1) is 0 Å². The molecule has 0 bridgehead atoms. The molecule has 3 N–H and O–H groups in total. The summed E-state index contributed by atoms with van der Waals surface area (Å²) in [6, 6.07) is 6.45. The summed E-state index contributed by atoms with van der Waals surface area (Å²) >= 11 is 0. The Morgan fingerprint density at radius 2 is 1.75 bits per heavy atom. The van der Waals surface area contributed by atoms with E-state index in [1.165, 1.54) is 0 Å². The van der Waals surface area contributed by atoms with Gasteiger partial charge < -0.3 is 15.2 Å². The molecule has 0 amide bonds. The summed E-state index contributed by atoms with van der Waals surface area (Å²) in [6.07, 6.45) is 2.24. The van der Waals surface area contributed by atoms with Gasteiger partial charge in [0.1, 0.15) is 0 Å². The van der Waals surface area contributed by atoms with Crippen molar-refractivity contribution in [3.63, 3.8) is 0 Å². The van der Waals surface area contributed by atoms with E-state index in [0.29, 0.717) is 18.3 Å². The molecule has 1 saturated carbocycles. The van der Waals surface area contributed by atoms with Gasteiger partial charge in [-0.05, 0) is 23.9 Å². The molecule has 84 valence electrons. The zero-order valence-electron chi connectivity index (χ0n) is 8.76. The monoisotopic (exact) mass is 220 g/mol. The van der Waals surface area contributed by atoms with Crippen LogP contribution in [0.5, 0.6) is 0 Å². The van der Waals surface area contributed by atoms with Crippen LogP contribution in [0.2, 0.25) is 0 Å². The second-order valence-corrected chi connectivity index (χ2v) is 4.24. The summed E-state index contributed by atoms with van der Waals surface area (Å²) in [5.41, 5.74) is 0.373. The minimum absolute atomic E-state index is 0.378. The van der Waals surface area contributed by atoms with Crippen LogP contribution in [-0.4, -0.2) is 28.2 Å². The van der Waals surface area contributed by atoms with Crippen molar-refractivity contribution in [3.8, 4) is 0 Å². The van der Waals surface area contributed by atoms with Gasteiger partial charge in [-0.25, -0.2) is 0 Å². The Balaban J connectivity index is 2.30. The Kier molecular flexibility index (Phi) is 2.74. The first kappa shape index (κ1) is 11.2. The molecule has 0 aromatic heterocycles. The molecule has 2 rings (SSSR count). The molecule has 4 nitrogen and oxygen atoms in total. The highest BCUT2D eigenvalue weighted by Crippen LogP contribution is 2.43. The highest BCUT2D eigenvalue weighted by atomic mass is 16.4. The molecule has 1 aromatic carbocycles. The third-order valence-electron chi connectivity index (χ3n) is 3.38. The average molecular weight is 220 g/mol. The minimum Gasteiger partial charge on any atom is -0.481 e. The first-order valence-electron chi connectivity index (χ1n) is 5.26. The van der Waals surface area contributed by atoms with Gasteiger partial charge in [0.15, 0.2) is 0 Å². The van der Waals surface area contributed by atoms with E-state index >= 15 is 0 Å². The molecule has 0 saturated heterocycles. The molecule has 1 fully saturated rings. The van der Waals surface area contributed by atoms with Crippen molar-refractivity contribution in [2.24, 2.45) is 0 Å². The molecular formula is C11H13BO4. The Morgan fingerprint density at radius 1 is 1.19 bits per heavy atom. The zero-order chi connectivity index (χ0) is 11.8. The second kappa shape index (κ2) is 3.92. The Hall–Kier alpha value is -1.33. The normalized spacial score (nSPS) is 17.6. The number of carboxylic acid groups (broad SMARTS) is 1. The highest BCUT2D eigenvalue weighted by Gasteiger charge is 2.45. The van der Waals surface area contributed by atoms with Crippen LogP contribution in [-0.2, 0) is 10.2 Å². The summed E-state index contributed by atoms with van der Waals surface area (Å²) in [5, 5.41) is 27.1. The predicted octanol–water partition coefficient (Wildman–Crippen LogP) is -0.127. The Morgan fingerprint density at radius 3 is 2.06 bits per heavy atom. The van der Waals surface area contributed by atoms with Crippen molar-refractivity contribution in [3.05, 3.63) is 29.8 Å². The van der Waals surface area contributed by atoms with E-state index in [4.69, 9.17) is 10.0 Å². The van der Waals surface area contributed by atoms with E-state index in [0.717, 1.165) is 12.0 Å². The van der Waals surface area contributed by atoms with Gasteiger partial charge in [-0.15, -0.1) is 0 Å². The van der Waals surface area contributed by atoms with E-state index in [1.807, 2.05) is 0 Å². The fourth-order valence-electron chi connectivity index (χ4n) is 2.13. The lowest BCUT2D eigenvalue weighted by Gasteiger charge is -2.38. The number of aliphatic carboxylic acids is 1. The molecule has 1 aliphatic carbocycles. The predicted molar refractivity (Wildman–Crippen MR) is 59.4 cm³/mol. The molecule has 0 aliphatic heterocycles. The SMILES string of the molecule is O=C(O)C1(c2ccc(B(O)O)cc2)CCC1. The molecule has 5 heteroatoms. The lowest BCUT2D eigenvalue weighted by atomic mass is 9.64. The topological polar surface area (TPSA) is 77.8 Å². The van der Waals surface area contributed by atoms with Crippen LogP contribution in [0.25, 0.3) is 0 Å². The molecule has 0 spiro atoms. The molecule has 16 heavy (non-hydrogen) atoms. The Bertz CT molecular complexity index is 395. The maximum absolute atomic E-state index is 11.2. The molecule has 0 unspecified atom stereocenters. The average Bonchev–Trinajstić information content (AvgIpc) is 2.16. The first-order chi connectivity index (χ1) is 7.56. The minimum atomic E-state index is -1.50. The van der Waals surface area contributed by atoms with Gasteiger partial charge in [-0.2, -0.15) is 0 Å². The number of rotatable bonds is 3. The second-order valence-electron chi connectivity index (χ2n) is 4.24. The third-order valence-corrected chi connectivity index (χ3v) is 3.38. The van der Waals surface area contributed by atoms with Crippen LogP contribution in [0.4, 0.5) is 0 Å².